The molecular weight excluding hydrogens is 397 g/mol. The number of aromatic nitrogens is 3. The number of hydrogen-bond donors (Lipinski definition) is 0. The molecule has 2 aromatic carbocycles. The molecule has 2 aromatic heterocycles. The van der Waals surface area contributed by atoms with Gasteiger partial charge in [0.05, 0.1) is 12.9 Å². The van der Waals surface area contributed by atoms with Gasteiger partial charge < -0.3 is 4.74 Å². The monoisotopic (exact) mass is 411 g/mol. The Morgan fingerprint density at radius 2 is 1.86 bits per heavy atom. The number of methoxy groups -OCH3 is 1. The van der Waals surface area contributed by atoms with Crippen LogP contribution < -0.4 is 4.74 Å². The maximum Gasteiger partial charge on any atom is 0.173 e. The summed E-state index contributed by atoms with van der Waals surface area (Å²) >= 11 is 2.63. The summed E-state index contributed by atoms with van der Waals surface area (Å²) in [5, 5.41) is 0.706. The van der Waals surface area contributed by atoms with Gasteiger partial charge in [0.25, 0.3) is 0 Å². The standard InChI is InChI=1S/C20H14FN3O2S2/c1-26-15-8-4-13(5-9-15)17-18-19(28-24-17)20(23-11-22-18)27-10-16(25)12-2-6-14(21)7-3-12/h2-9,11H,10H2,1H3. The van der Waals surface area contributed by atoms with Gasteiger partial charge in [-0.05, 0) is 60.1 Å². The molecule has 0 aliphatic rings. The van der Waals surface area contributed by atoms with Gasteiger partial charge in [0.2, 0.25) is 0 Å². The van der Waals surface area contributed by atoms with E-state index in [-0.39, 0.29) is 17.4 Å². The van der Waals surface area contributed by atoms with Crippen LogP contribution in [0, 0.1) is 5.82 Å². The van der Waals surface area contributed by atoms with E-state index in [1.165, 1.54) is 53.9 Å². The molecule has 0 bridgehead atoms. The number of hydrogen-bond acceptors (Lipinski definition) is 7. The molecule has 0 fully saturated rings. The summed E-state index contributed by atoms with van der Waals surface area (Å²) in [4.78, 5) is 21.0. The van der Waals surface area contributed by atoms with Gasteiger partial charge in [-0.1, -0.05) is 11.8 Å². The Balaban J connectivity index is 1.57. The number of ether oxygens (including phenoxy) is 1. The zero-order valence-corrected chi connectivity index (χ0v) is 16.4. The molecule has 0 aliphatic heterocycles. The Hall–Kier alpha value is -2.84. The molecule has 5 nitrogen and oxygen atoms in total. The van der Waals surface area contributed by atoms with Crippen molar-refractivity contribution in [3.63, 3.8) is 0 Å². The summed E-state index contributed by atoms with van der Waals surface area (Å²) in [6.45, 7) is 0. The van der Waals surface area contributed by atoms with Gasteiger partial charge in [-0.2, -0.15) is 4.37 Å². The molecule has 0 amide bonds. The number of nitrogens with zero attached hydrogens (tertiary/aromatic N) is 3. The van der Waals surface area contributed by atoms with Crippen molar-refractivity contribution in [2.45, 2.75) is 5.03 Å². The van der Waals surface area contributed by atoms with Crippen LogP contribution in [0.2, 0.25) is 0 Å². The Kier molecular flexibility index (Phi) is 5.31. The first-order valence-corrected chi connectivity index (χ1v) is 10.1. The van der Waals surface area contributed by atoms with Crippen LogP contribution in [0.4, 0.5) is 4.39 Å². The number of rotatable bonds is 6. The van der Waals surface area contributed by atoms with Gasteiger partial charge >= 0.3 is 0 Å². The topological polar surface area (TPSA) is 65.0 Å². The smallest absolute Gasteiger partial charge is 0.173 e. The SMILES string of the molecule is COc1ccc(-c2nsc3c(SCC(=O)c4ccc(F)cc4)ncnc23)cc1. The first-order valence-electron chi connectivity index (χ1n) is 8.32. The van der Waals surface area contributed by atoms with E-state index >= 15 is 0 Å². The quantitative estimate of drug-likeness (QED) is 0.256. The minimum Gasteiger partial charge on any atom is -0.497 e. The lowest BCUT2D eigenvalue weighted by Crippen LogP contribution is -2.02. The Morgan fingerprint density at radius 1 is 1.11 bits per heavy atom. The lowest BCUT2D eigenvalue weighted by molar-refractivity contribution is 0.102. The lowest BCUT2D eigenvalue weighted by Gasteiger charge is -2.03. The summed E-state index contributed by atoms with van der Waals surface area (Å²) in [5.41, 5.74) is 2.94. The molecule has 0 N–H and O–H groups in total. The van der Waals surface area contributed by atoms with E-state index in [9.17, 15) is 9.18 Å². The van der Waals surface area contributed by atoms with Gasteiger partial charge in [-0.15, -0.1) is 0 Å². The first-order chi connectivity index (χ1) is 13.7. The number of halogens is 1. The number of Topliss-reactive ketones (excluding diaryl/α,β-unsaturated/α-hetero) is 1. The number of fused-ring (bicyclic) bond motifs is 1. The fraction of sp³-hybridized carbons (Fsp3) is 0.100. The average molecular weight is 411 g/mol. The summed E-state index contributed by atoms with van der Waals surface area (Å²) < 4.78 is 23.6. The molecule has 0 unspecified atom stereocenters. The second-order valence-corrected chi connectivity index (χ2v) is 7.57. The molecule has 4 rings (SSSR count). The van der Waals surface area contributed by atoms with Crippen molar-refractivity contribution in [2.24, 2.45) is 0 Å². The Bertz CT molecular complexity index is 1130. The predicted molar refractivity (Wildman–Crippen MR) is 109 cm³/mol. The summed E-state index contributed by atoms with van der Waals surface area (Å²) in [7, 11) is 1.62. The lowest BCUT2D eigenvalue weighted by atomic mass is 10.1. The molecular formula is C20H14FN3O2S2. The van der Waals surface area contributed by atoms with Crippen molar-refractivity contribution in [1.29, 1.82) is 0 Å². The third-order valence-electron chi connectivity index (χ3n) is 4.09. The number of thioether (sulfide) groups is 1. The molecule has 4 aromatic rings. The van der Waals surface area contributed by atoms with E-state index in [0.29, 0.717) is 10.6 Å². The van der Waals surface area contributed by atoms with Gasteiger partial charge in [0.15, 0.2) is 5.78 Å². The van der Waals surface area contributed by atoms with Crippen molar-refractivity contribution in [3.05, 3.63) is 66.2 Å². The highest BCUT2D eigenvalue weighted by Gasteiger charge is 2.16. The maximum absolute atomic E-state index is 13.0. The molecule has 0 radical (unpaired) electrons. The number of carbonyl (C=O) groups is 1. The van der Waals surface area contributed by atoms with Crippen LogP contribution in [0.15, 0.2) is 59.9 Å². The minimum atomic E-state index is -0.363. The fourth-order valence-electron chi connectivity index (χ4n) is 2.64. The average Bonchev–Trinajstić information content (AvgIpc) is 3.17. The third-order valence-corrected chi connectivity index (χ3v) is 6.06. The maximum atomic E-state index is 13.0. The van der Waals surface area contributed by atoms with E-state index in [1.54, 1.807) is 7.11 Å². The van der Waals surface area contributed by atoms with Gasteiger partial charge in [0.1, 0.15) is 38.8 Å². The van der Waals surface area contributed by atoms with Gasteiger partial charge in [-0.3, -0.25) is 4.79 Å². The van der Waals surface area contributed by atoms with Crippen molar-refractivity contribution in [2.75, 3.05) is 12.9 Å². The van der Waals surface area contributed by atoms with Crippen LogP contribution in [0.3, 0.4) is 0 Å². The number of ketones is 1. The van der Waals surface area contributed by atoms with Crippen LogP contribution in [0.1, 0.15) is 10.4 Å². The highest BCUT2D eigenvalue weighted by Crippen LogP contribution is 2.35. The van der Waals surface area contributed by atoms with Crippen LogP contribution in [-0.2, 0) is 0 Å². The van der Waals surface area contributed by atoms with Crippen LogP contribution in [0.25, 0.3) is 21.5 Å². The van der Waals surface area contributed by atoms with Crippen molar-refractivity contribution >= 4 is 39.3 Å². The molecule has 0 saturated heterocycles. The molecule has 0 spiro atoms. The molecule has 0 saturated carbocycles. The molecule has 0 aliphatic carbocycles. The van der Waals surface area contributed by atoms with E-state index in [0.717, 1.165) is 27.2 Å². The van der Waals surface area contributed by atoms with Crippen molar-refractivity contribution in [3.8, 4) is 17.0 Å². The molecule has 0 atom stereocenters. The highest BCUT2D eigenvalue weighted by atomic mass is 32.2. The first kappa shape index (κ1) is 18.5. The highest BCUT2D eigenvalue weighted by molar-refractivity contribution is 8.00. The molecule has 28 heavy (non-hydrogen) atoms. The predicted octanol–water partition coefficient (Wildman–Crippen LogP) is 4.88. The molecule has 2 heterocycles. The van der Waals surface area contributed by atoms with E-state index in [1.807, 2.05) is 24.3 Å². The number of benzene rings is 2. The van der Waals surface area contributed by atoms with Crippen LogP contribution >= 0.6 is 23.3 Å². The Labute approximate surface area is 168 Å². The summed E-state index contributed by atoms with van der Waals surface area (Å²) in [6.07, 6.45) is 1.48. The number of carbonyl (C=O) groups excluding carboxylic acids is 1. The fourth-order valence-corrected chi connectivity index (χ4v) is 4.45. The second-order valence-electron chi connectivity index (χ2n) is 5.83. The van der Waals surface area contributed by atoms with E-state index in [2.05, 4.69) is 14.3 Å². The van der Waals surface area contributed by atoms with Crippen LogP contribution in [0.5, 0.6) is 5.75 Å². The largest absolute Gasteiger partial charge is 0.497 e. The normalized spacial score (nSPS) is 10.9. The van der Waals surface area contributed by atoms with E-state index < -0.39 is 0 Å². The van der Waals surface area contributed by atoms with Crippen molar-refractivity contribution < 1.29 is 13.9 Å². The second kappa shape index (κ2) is 8.04. The minimum absolute atomic E-state index is 0.0864. The summed E-state index contributed by atoms with van der Waals surface area (Å²) in [6, 6.07) is 13.2. The molecule has 140 valence electrons. The Morgan fingerprint density at radius 3 is 2.57 bits per heavy atom. The zero-order valence-electron chi connectivity index (χ0n) is 14.8. The molecule has 8 heteroatoms. The third kappa shape index (κ3) is 3.74. The summed E-state index contributed by atoms with van der Waals surface area (Å²) in [5.74, 6) is 0.524. The van der Waals surface area contributed by atoms with Crippen LogP contribution in [-0.4, -0.2) is 33.0 Å². The van der Waals surface area contributed by atoms with Crippen molar-refractivity contribution in [1.82, 2.24) is 14.3 Å². The van der Waals surface area contributed by atoms with Gasteiger partial charge in [-0.25, -0.2) is 14.4 Å². The van der Waals surface area contributed by atoms with Gasteiger partial charge in [0, 0.05) is 11.1 Å². The zero-order chi connectivity index (χ0) is 19.5. The van der Waals surface area contributed by atoms with E-state index in [4.69, 9.17) is 4.74 Å².